The van der Waals surface area contributed by atoms with Crippen LogP contribution in [0.4, 0.5) is 0 Å². The summed E-state index contributed by atoms with van der Waals surface area (Å²) < 4.78 is 5.45. The minimum absolute atomic E-state index is 0.700. The fraction of sp³-hybridized carbons (Fsp3) is 0.400. The molecule has 3 rings (SSSR count). The summed E-state index contributed by atoms with van der Waals surface area (Å²) in [6.07, 6.45) is 4.42. The first-order valence-corrected chi connectivity index (χ1v) is 6.48. The summed E-state index contributed by atoms with van der Waals surface area (Å²) in [7, 11) is 0. The van der Waals surface area contributed by atoms with Crippen molar-refractivity contribution in [1.82, 2.24) is 10.5 Å². The van der Waals surface area contributed by atoms with Gasteiger partial charge in [0.25, 0.3) is 0 Å². The number of hydrogen-bond acceptors (Lipinski definition) is 3. The van der Waals surface area contributed by atoms with E-state index in [0.29, 0.717) is 6.04 Å². The van der Waals surface area contributed by atoms with Crippen LogP contribution >= 0.6 is 0 Å². The minimum atomic E-state index is 0.700. The Morgan fingerprint density at radius 1 is 1.33 bits per heavy atom. The van der Waals surface area contributed by atoms with Crippen LogP contribution in [0, 0.1) is 13.8 Å². The second-order valence-corrected chi connectivity index (χ2v) is 5.15. The Bertz CT molecular complexity index is 555. The predicted octanol–water partition coefficient (Wildman–Crippen LogP) is 3.21. The Labute approximate surface area is 107 Å². The minimum Gasteiger partial charge on any atom is -0.356 e. The van der Waals surface area contributed by atoms with Gasteiger partial charge in [0.15, 0.2) is 5.76 Å². The topological polar surface area (TPSA) is 38.1 Å². The second-order valence-electron chi connectivity index (χ2n) is 5.15. The van der Waals surface area contributed by atoms with E-state index in [4.69, 9.17) is 4.52 Å². The van der Waals surface area contributed by atoms with E-state index < -0.39 is 0 Å². The van der Waals surface area contributed by atoms with Crippen LogP contribution in [0.2, 0.25) is 0 Å². The molecule has 0 bridgehead atoms. The molecule has 1 aromatic heterocycles. The highest BCUT2D eigenvalue weighted by Crippen LogP contribution is 2.28. The lowest BCUT2D eigenvalue weighted by Crippen LogP contribution is -2.15. The number of aromatic nitrogens is 1. The zero-order valence-electron chi connectivity index (χ0n) is 10.9. The van der Waals surface area contributed by atoms with E-state index in [1.165, 1.54) is 24.0 Å². The molecule has 1 aliphatic carbocycles. The Balaban J connectivity index is 1.90. The molecule has 0 atom stereocenters. The van der Waals surface area contributed by atoms with E-state index >= 15 is 0 Å². The maximum atomic E-state index is 5.45. The Morgan fingerprint density at radius 3 is 2.94 bits per heavy atom. The molecule has 1 heterocycles. The standard InChI is InChI=1S/C15H18N2O/c1-10-3-4-11(2)14(7-10)15-12(9-17-18-15)8-16-13-5-6-13/h3-4,7,9,13,16H,5-6,8H2,1-2H3. The fourth-order valence-corrected chi connectivity index (χ4v) is 2.13. The Morgan fingerprint density at radius 2 is 2.17 bits per heavy atom. The van der Waals surface area contributed by atoms with Gasteiger partial charge in [-0.3, -0.25) is 0 Å². The number of nitrogens with zero attached hydrogens (tertiary/aromatic N) is 1. The highest BCUT2D eigenvalue weighted by Gasteiger charge is 2.21. The van der Waals surface area contributed by atoms with Crippen LogP contribution in [0.3, 0.4) is 0 Å². The monoisotopic (exact) mass is 242 g/mol. The molecule has 1 aromatic carbocycles. The van der Waals surface area contributed by atoms with Gasteiger partial charge in [0.1, 0.15) is 0 Å². The summed E-state index contributed by atoms with van der Waals surface area (Å²) in [5.74, 6) is 0.907. The van der Waals surface area contributed by atoms with Gasteiger partial charge in [-0.1, -0.05) is 22.9 Å². The molecule has 3 nitrogen and oxygen atoms in total. The molecule has 1 aliphatic rings. The van der Waals surface area contributed by atoms with E-state index in [2.05, 4.69) is 42.5 Å². The third-order valence-corrected chi connectivity index (χ3v) is 3.44. The number of aryl methyl sites for hydroxylation is 2. The molecule has 18 heavy (non-hydrogen) atoms. The molecule has 1 fully saturated rings. The van der Waals surface area contributed by atoms with E-state index in [0.717, 1.165) is 23.4 Å². The molecule has 2 aromatic rings. The van der Waals surface area contributed by atoms with Crippen LogP contribution in [-0.4, -0.2) is 11.2 Å². The Hall–Kier alpha value is -1.61. The van der Waals surface area contributed by atoms with Crippen molar-refractivity contribution in [3.63, 3.8) is 0 Å². The van der Waals surface area contributed by atoms with E-state index in [1.807, 2.05) is 6.20 Å². The molecule has 3 heteroatoms. The van der Waals surface area contributed by atoms with Crippen LogP contribution in [0.1, 0.15) is 29.5 Å². The zero-order valence-corrected chi connectivity index (χ0v) is 10.9. The summed E-state index contributed by atoms with van der Waals surface area (Å²) in [6, 6.07) is 7.12. The van der Waals surface area contributed by atoms with Crippen molar-refractivity contribution in [3.05, 3.63) is 41.1 Å². The van der Waals surface area contributed by atoms with Crippen LogP contribution in [0.15, 0.2) is 28.9 Å². The fourth-order valence-electron chi connectivity index (χ4n) is 2.13. The highest BCUT2D eigenvalue weighted by atomic mass is 16.5. The number of nitrogens with one attached hydrogen (secondary N) is 1. The van der Waals surface area contributed by atoms with Crippen molar-refractivity contribution in [3.8, 4) is 11.3 Å². The molecule has 0 aliphatic heterocycles. The summed E-state index contributed by atoms with van der Waals surface area (Å²) >= 11 is 0. The molecule has 1 saturated carbocycles. The van der Waals surface area contributed by atoms with Gasteiger partial charge in [0, 0.05) is 23.7 Å². The van der Waals surface area contributed by atoms with Gasteiger partial charge in [-0.15, -0.1) is 0 Å². The molecule has 0 unspecified atom stereocenters. The summed E-state index contributed by atoms with van der Waals surface area (Å²) in [5.41, 5.74) is 4.77. The maximum Gasteiger partial charge on any atom is 0.171 e. The van der Waals surface area contributed by atoms with Gasteiger partial charge >= 0.3 is 0 Å². The SMILES string of the molecule is Cc1ccc(C)c(-c2oncc2CNC2CC2)c1. The maximum absolute atomic E-state index is 5.45. The van der Waals surface area contributed by atoms with Crippen LogP contribution in [-0.2, 0) is 6.54 Å². The Kier molecular flexibility index (Phi) is 2.92. The third-order valence-electron chi connectivity index (χ3n) is 3.44. The van der Waals surface area contributed by atoms with Gasteiger partial charge < -0.3 is 9.84 Å². The van der Waals surface area contributed by atoms with Gasteiger partial charge in [0.05, 0.1) is 6.20 Å². The van der Waals surface area contributed by atoms with E-state index in [1.54, 1.807) is 0 Å². The first kappa shape index (κ1) is 11.5. The van der Waals surface area contributed by atoms with Crippen molar-refractivity contribution in [1.29, 1.82) is 0 Å². The van der Waals surface area contributed by atoms with Gasteiger partial charge in [-0.2, -0.15) is 0 Å². The lowest BCUT2D eigenvalue weighted by Gasteiger charge is -2.06. The molecule has 1 N–H and O–H groups in total. The number of benzene rings is 1. The van der Waals surface area contributed by atoms with Gasteiger partial charge in [-0.05, 0) is 38.3 Å². The molecular formula is C15H18N2O. The van der Waals surface area contributed by atoms with Gasteiger partial charge in [-0.25, -0.2) is 0 Å². The van der Waals surface area contributed by atoms with Crippen LogP contribution < -0.4 is 5.32 Å². The summed E-state index contributed by atoms with van der Waals surface area (Å²) in [4.78, 5) is 0. The van der Waals surface area contributed by atoms with Crippen molar-refractivity contribution in [2.75, 3.05) is 0 Å². The zero-order chi connectivity index (χ0) is 12.5. The molecule has 0 spiro atoms. The molecule has 94 valence electrons. The third kappa shape index (κ3) is 2.31. The first-order chi connectivity index (χ1) is 8.74. The lowest BCUT2D eigenvalue weighted by molar-refractivity contribution is 0.431. The summed E-state index contributed by atoms with van der Waals surface area (Å²) in [5, 5.41) is 7.46. The number of rotatable bonds is 4. The van der Waals surface area contributed by atoms with E-state index in [-0.39, 0.29) is 0 Å². The molecule has 0 saturated heterocycles. The average Bonchev–Trinajstić information content (AvgIpc) is 3.08. The van der Waals surface area contributed by atoms with Crippen molar-refractivity contribution in [2.24, 2.45) is 0 Å². The second kappa shape index (κ2) is 4.58. The van der Waals surface area contributed by atoms with Crippen LogP contribution in [0.5, 0.6) is 0 Å². The number of hydrogen-bond donors (Lipinski definition) is 1. The van der Waals surface area contributed by atoms with Crippen molar-refractivity contribution in [2.45, 2.75) is 39.3 Å². The quantitative estimate of drug-likeness (QED) is 0.894. The highest BCUT2D eigenvalue weighted by molar-refractivity contribution is 5.65. The van der Waals surface area contributed by atoms with Crippen LogP contribution in [0.25, 0.3) is 11.3 Å². The van der Waals surface area contributed by atoms with E-state index in [9.17, 15) is 0 Å². The largest absolute Gasteiger partial charge is 0.356 e. The predicted molar refractivity (Wildman–Crippen MR) is 71.3 cm³/mol. The average molecular weight is 242 g/mol. The smallest absolute Gasteiger partial charge is 0.171 e. The molecular weight excluding hydrogens is 224 g/mol. The molecule has 0 amide bonds. The lowest BCUT2D eigenvalue weighted by atomic mass is 10.0. The van der Waals surface area contributed by atoms with Crippen molar-refractivity contribution < 1.29 is 4.52 Å². The summed E-state index contributed by atoms with van der Waals surface area (Å²) in [6.45, 7) is 5.05. The van der Waals surface area contributed by atoms with Gasteiger partial charge in [0.2, 0.25) is 0 Å². The first-order valence-electron chi connectivity index (χ1n) is 6.48. The molecule has 0 radical (unpaired) electrons. The normalized spacial score (nSPS) is 15.0. The van der Waals surface area contributed by atoms with Crippen molar-refractivity contribution >= 4 is 0 Å².